The zero-order valence-corrected chi connectivity index (χ0v) is 11.7. The molecule has 0 bridgehead atoms. The maximum atomic E-state index is 5.59. The van der Waals surface area contributed by atoms with Gasteiger partial charge < -0.3 is 21.1 Å². The molecule has 2 aromatic rings. The molecule has 1 atom stereocenters. The molecular weight excluding hydrogens is 286 g/mol. The minimum atomic E-state index is 0.424. The number of nitrogen functional groups attached to an aromatic ring is 2. The monoisotopic (exact) mass is 299 g/mol. The molecule has 1 aliphatic heterocycles. The lowest BCUT2D eigenvalue weighted by Crippen LogP contribution is -2.21. The largest absolute Gasteiger partial charge is 0.469 e. The number of nitrogens with two attached hydrogens (primary N) is 2. The third-order valence-corrected chi connectivity index (χ3v) is 4.33. The highest BCUT2D eigenvalue weighted by atomic mass is 32.1. The minimum absolute atomic E-state index is 0.424. The van der Waals surface area contributed by atoms with Gasteiger partial charge in [-0.05, 0) is 17.8 Å². The smallest absolute Gasteiger partial charge is 0.295 e. The van der Waals surface area contributed by atoms with E-state index in [0.29, 0.717) is 28.0 Å². The maximum Gasteiger partial charge on any atom is 0.295 e. The molecule has 0 spiro atoms. The first-order valence-corrected chi connectivity index (χ1v) is 7.39. The molecule has 19 heavy (non-hydrogen) atoms. The molecule has 3 rings (SSSR count). The van der Waals surface area contributed by atoms with Crippen LogP contribution < -0.4 is 21.1 Å². The fourth-order valence-corrected chi connectivity index (χ4v) is 3.08. The first kappa shape index (κ1) is 12.4. The summed E-state index contributed by atoms with van der Waals surface area (Å²) in [4.78, 5) is 2.18. The number of hydrogen-bond acceptors (Lipinski definition) is 10. The van der Waals surface area contributed by atoms with Crippen molar-refractivity contribution >= 4 is 38.1 Å². The Bertz CT molecular complexity index is 556. The van der Waals surface area contributed by atoms with Crippen LogP contribution in [0.1, 0.15) is 6.42 Å². The summed E-state index contributed by atoms with van der Waals surface area (Å²) >= 11 is 2.66. The van der Waals surface area contributed by atoms with Crippen LogP contribution in [0.5, 0.6) is 5.19 Å². The van der Waals surface area contributed by atoms with E-state index < -0.39 is 0 Å². The van der Waals surface area contributed by atoms with Gasteiger partial charge in [0.15, 0.2) is 0 Å². The topological polar surface area (TPSA) is 116 Å². The zero-order valence-electron chi connectivity index (χ0n) is 10.0. The van der Waals surface area contributed by atoms with E-state index in [0.717, 1.165) is 24.6 Å². The average Bonchev–Trinajstić information content (AvgIpc) is 3.07. The number of ether oxygens (including phenoxy) is 1. The Morgan fingerprint density at radius 3 is 2.63 bits per heavy atom. The molecule has 4 N–H and O–H groups in total. The van der Waals surface area contributed by atoms with E-state index in [-0.39, 0.29) is 0 Å². The molecule has 1 fully saturated rings. The molecule has 0 aromatic carbocycles. The van der Waals surface area contributed by atoms with Crippen molar-refractivity contribution in [3.05, 3.63) is 0 Å². The van der Waals surface area contributed by atoms with Gasteiger partial charge in [0.1, 0.15) is 0 Å². The SMILES string of the molecule is Nc1nnc(OC[C@H]2CCN(c3nnc(N)s3)C2)s1. The lowest BCUT2D eigenvalue weighted by Gasteiger charge is -2.13. The molecule has 0 amide bonds. The van der Waals surface area contributed by atoms with E-state index in [2.05, 4.69) is 25.3 Å². The zero-order chi connectivity index (χ0) is 13.2. The Morgan fingerprint density at radius 2 is 1.95 bits per heavy atom. The Labute approximate surface area is 117 Å². The van der Waals surface area contributed by atoms with Gasteiger partial charge in [-0.1, -0.05) is 16.4 Å². The second-order valence-corrected chi connectivity index (χ2v) is 6.20. The molecule has 1 aliphatic rings. The van der Waals surface area contributed by atoms with Gasteiger partial charge in [-0.3, -0.25) is 0 Å². The molecule has 2 aromatic heterocycles. The van der Waals surface area contributed by atoms with E-state index in [1.807, 2.05) is 0 Å². The van der Waals surface area contributed by atoms with Gasteiger partial charge in [0, 0.05) is 19.0 Å². The van der Waals surface area contributed by atoms with Crippen molar-refractivity contribution in [2.75, 3.05) is 36.1 Å². The second kappa shape index (κ2) is 5.13. The fraction of sp³-hybridized carbons (Fsp3) is 0.556. The Kier molecular flexibility index (Phi) is 3.34. The Morgan fingerprint density at radius 1 is 1.16 bits per heavy atom. The fourth-order valence-electron chi connectivity index (χ4n) is 1.96. The molecule has 0 aliphatic carbocycles. The lowest BCUT2D eigenvalue weighted by atomic mass is 10.1. The van der Waals surface area contributed by atoms with Crippen LogP contribution in [0.15, 0.2) is 0 Å². The van der Waals surface area contributed by atoms with Crippen LogP contribution in [0.3, 0.4) is 0 Å². The number of nitrogens with zero attached hydrogens (tertiary/aromatic N) is 5. The molecule has 0 saturated carbocycles. The van der Waals surface area contributed by atoms with Crippen molar-refractivity contribution < 1.29 is 4.74 Å². The molecule has 1 saturated heterocycles. The van der Waals surface area contributed by atoms with Crippen molar-refractivity contribution in [1.29, 1.82) is 0 Å². The van der Waals surface area contributed by atoms with Crippen LogP contribution >= 0.6 is 22.7 Å². The Hall–Kier alpha value is -1.68. The highest BCUT2D eigenvalue weighted by Crippen LogP contribution is 2.28. The van der Waals surface area contributed by atoms with Gasteiger partial charge in [-0.25, -0.2) is 0 Å². The third-order valence-electron chi connectivity index (χ3n) is 2.85. The van der Waals surface area contributed by atoms with Crippen LogP contribution in [-0.2, 0) is 0 Å². The van der Waals surface area contributed by atoms with E-state index in [1.165, 1.54) is 22.7 Å². The quantitative estimate of drug-likeness (QED) is 0.836. The molecule has 10 heteroatoms. The van der Waals surface area contributed by atoms with E-state index in [9.17, 15) is 0 Å². The highest BCUT2D eigenvalue weighted by molar-refractivity contribution is 7.18. The third kappa shape index (κ3) is 2.84. The summed E-state index contributed by atoms with van der Waals surface area (Å²) in [7, 11) is 0. The predicted molar refractivity (Wildman–Crippen MR) is 74.5 cm³/mol. The van der Waals surface area contributed by atoms with Gasteiger partial charge in [-0.2, -0.15) is 0 Å². The normalized spacial score (nSPS) is 18.9. The highest BCUT2D eigenvalue weighted by Gasteiger charge is 2.25. The first-order chi connectivity index (χ1) is 9.20. The van der Waals surface area contributed by atoms with Crippen LogP contribution in [0.2, 0.25) is 0 Å². The van der Waals surface area contributed by atoms with E-state index >= 15 is 0 Å². The predicted octanol–water partition coefficient (Wildman–Crippen LogP) is 0.459. The molecule has 102 valence electrons. The van der Waals surface area contributed by atoms with E-state index in [1.54, 1.807) is 0 Å². The van der Waals surface area contributed by atoms with Gasteiger partial charge in [0.25, 0.3) is 5.19 Å². The average molecular weight is 299 g/mol. The van der Waals surface area contributed by atoms with Crippen molar-refractivity contribution in [2.45, 2.75) is 6.42 Å². The summed E-state index contributed by atoms with van der Waals surface area (Å²) in [5.41, 5.74) is 11.1. The van der Waals surface area contributed by atoms with Crippen molar-refractivity contribution in [2.24, 2.45) is 5.92 Å². The molecule has 0 radical (unpaired) electrons. The van der Waals surface area contributed by atoms with Crippen molar-refractivity contribution in [3.63, 3.8) is 0 Å². The number of aromatic nitrogens is 4. The van der Waals surface area contributed by atoms with E-state index in [4.69, 9.17) is 16.2 Å². The number of rotatable bonds is 4. The van der Waals surface area contributed by atoms with Crippen LogP contribution in [-0.4, -0.2) is 40.1 Å². The second-order valence-electron chi connectivity index (χ2n) is 4.24. The van der Waals surface area contributed by atoms with Crippen LogP contribution in [0.4, 0.5) is 15.4 Å². The van der Waals surface area contributed by atoms with Crippen molar-refractivity contribution in [1.82, 2.24) is 20.4 Å². The molecule has 8 nitrogen and oxygen atoms in total. The summed E-state index contributed by atoms with van der Waals surface area (Å²) in [6.45, 7) is 2.45. The van der Waals surface area contributed by atoms with Gasteiger partial charge in [-0.15, -0.1) is 15.3 Å². The Balaban J connectivity index is 1.52. The van der Waals surface area contributed by atoms with Crippen LogP contribution in [0, 0.1) is 5.92 Å². The molecule has 3 heterocycles. The summed E-state index contributed by atoms with van der Waals surface area (Å²) in [5, 5.41) is 17.7. The van der Waals surface area contributed by atoms with Gasteiger partial charge in [0.05, 0.1) is 6.61 Å². The summed E-state index contributed by atoms with van der Waals surface area (Å²) < 4.78 is 5.58. The molecule has 0 unspecified atom stereocenters. The molecular formula is C9H13N7OS2. The standard InChI is InChI=1S/C9H13N7OS2/c10-6-12-14-8(18-6)16-2-1-5(3-16)4-17-9-15-13-7(11)19-9/h5H,1-4H2,(H2,10,12)(H2,11,13)/t5-/m0/s1. The maximum absolute atomic E-state index is 5.59. The van der Waals surface area contributed by atoms with Gasteiger partial charge >= 0.3 is 0 Å². The number of hydrogen-bond donors (Lipinski definition) is 2. The summed E-state index contributed by atoms with van der Waals surface area (Å²) in [6.07, 6.45) is 1.05. The lowest BCUT2D eigenvalue weighted by molar-refractivity contribution is 0.258. The summed E-state index contributed by atoms with van der Waals surface area (Å²) in [5.74, 6) is 0.440. The number of anilines is 3. The van der Waals surface area contributed by atoms with Crippen LogP contribution in [0.25, 0.3) is 0 Å². The summed E-state index contributed by atoms with van der Waals surface area (Å²) in [6, 6.07) is 0. The first-order valence-electron chi connectivity index (χ1n) is 5.76. The van der Waals surface area contributed by atoms with Gasteiger partial charge in [0.2, 0.25) is 15.4 Å². The van der Waals surface area contributed by atoms with Crippen molar-refractivity contribution in [3.8, 4) is 5.19 Å². The minimum Gasteiger partial charge on any atom is -0.469 e.